The molecule has 0 aromatic heterocycles. The summed E-state index contributed by atoms with van der Waals surface area (Å²) < 4.78 is 9.51. The van der Waals surface area contributed by atoms with Crippen LogP contribution in [-0.2, 0) is 9.53 Å². The molecule has 104 valence electrons. The first kappa shape index (κ1) is 15.4. The van der Waals surface area contributed by atoms with Crippen molar-refractivity contribution in [2.45, 2.75) is 6.29 Å². The van der Waals surface area contributed by atoms with Crippen molar-refractivity contribution in [3.8, 4) is 5.75 Å². The van der Waals surface area contributed by atoms with Crippen molar-refractivity contribution in [3.63, 3.8) is 0 Å². The minimum atomic E-state index is -1.56. The zero-order valence-electron chi connectivity index (χ0n) is 10.5. The number of hydrogen-bond acceptors (Lipinski definition) is 5. The zero-order valence-corrected chi connectivity index (χ0v) is 11.2. The highest BCUT2D eigenvalue weighted by molar-refractivity contribution is 6.30. The minimum absolute atomic E-state index is 0.162. The molecular weight excluding hydrogens is 274 g/mol. The third-order valence-corrected chi connectivity index (χ3v) is 2.58. The van der Waals surface area contributed by atoms with Gasteiger partial charge in [-0.25, -0.2) is 0 Å². The van der Waals surface area contributed by atoms with E-state index in [-0.39, 0.29) is 17.4 Å². The Hall–Kier alpha value is -1.63. The van der Waals surface area contributed by atoms with Crippen LogP contribution in [-0.4, -0.2) is 43.2 Å². The standard InChI is InChI=1S/C12H14ClNO5/c1-18-10-5-7(14-11(16)12(17)19-2)3-4-8(10)9(15)6-13/h3-5,12,17H,6H2,1-2H3,(H,14,16). The SMILES string of the molecule is COc1cc(NC(=O)C(O)OC)ccc1C(=O)CCl. The van der Waals surface area contributed by atoms with Crippen molar-refractivity contribution in [2.24, 2.45) is 0 Å². The van der Waals surface area contributed by atoms with Crippen molar-refractivity contribution in [1.29, 1.82) is 0 Å². The number of nitrogens with one attached hydrogen (secondary N) is 1. The molecule has 0 fully saturated rings. The number of ether oxygens (including phenoxy) is 2. The largest absolute Gasteiger partial charge is 0.496 e. The maximum Gasteiger partial charge on any atom is 0.281 e. The molecule has 0 spiro atoms. The Labute approximate surface area is 115 Å². The van der Waals surface area contributed by atoms with E-state index >= 15 is 0 Å². The molecule has 0 saturated carbocycles. The Morgan fingerprint density at radius 1 is 1.42 bits per heavy atom. The lowest BCUT2D eigenvalue weighted by Gasteiger charge is -2.12. The number of carbonyl (C=O) groups is 2. The van der Waals surface area contributed by atoms with Crippen LogP contribution in [0.1, 0.15) is 10.4 Å². The third kappa shape index (κ3) is 3.92. The lowest BCUT2D eigenvalue weighted by Crippen LogP contribution is -2.28. The first-order valence-corrected chi connectivity index (χ1v) is 5.85. The average Bonchev–Trinajstić information content (AvgIpc) is 2.45. The maximum atomic E-state index is 11.5. The maximum absolute atomic E-state index is 11.5. The molecule has 1 aromatic rings. The van der Waals surface area contributed by atoms with Crippen LogP contribution >= 0.6 is 11.6 Å². The molecule has 1 amide bonds. The molecule has 1 aromatic carbocycles. The predicted octanol–water partition coefficient (Wildman–Crippen LogP) is 1.02. The lowest BCUT2D eigenvalue weighted by atomic mass is 10.1. The number of aliphatic hydroxyl groups excluding tert-OH is 1. The minimum Gasteiger partial charge on any atom is -0.496 e. The van der Waals surface area contributed by atoms with E-state index in [1.165, 1.54) is 32.4 Å². The summed E-state index contributed by atoms with van der Waals surface area (Å²) in [4.78, 5) is 22.9. The Balaban J connectivity index is 2.94. The summed E-state index contributed by atoms with van der Waals surface area (Å²) >= 11 is 5.48. The van der Waals surface area contributed by atoms with Gasteiger partial charge in [0.2, 0.25) is 6.29 Å². The van der Waals surface area contributed by atoms with E-state index in [0.29, 0.717) is 11.3 Å². The molecule has 0 aliphatic rings. The molecule has 7 heteroatoms. The number of ketones is 1. The number of rotatable bonds is 6. The normalized spacial score (nSPS) is 11.8. The highest BCUT2D eigenvalue weighted by Crippen LogP contribution is 2.24. The van der Waals surface area contributed by atoms with Crippen molar-refractivity contribution in [1.82, 2.24) is 0 Å². The van der Waals surface area contributed by atoms with E-state index < -0.39 is 12.2 Å². The van der Waals surface area contributed by atoms with Crippen molar-refractivity contribution < 1.29 is 24.2 Å². The van der Waals surface area contributed by atoms with Gasteiger partial charge in [0.15, 0.2) is 5.78 Å². The molecule has 0 heterocycles. The molecule has 0 saturated heterocycles. The molecular formula is C12H14ClNO5. The van der Waals surface area contributed by atoms with Gasteiger partial charge in [0.05, 0.1) is 18.6 Å². The molecule has 0 aliphatic heterocycles. The highest BCUT2D eigenvalue weighted by atomic mass is 35.5. The van der Waals surface area contributed by atoms with E-state index in [9.17, 15) is 9.59 Å². The van der Waals surface area contributed by atoms with E-state index in [2.05, 4.69) is 10.1 Å². The molecule has 19 heavy (non-hydrogen) atoms. The number of methoxy groups -OCH3 is 2. The number of amides is 1. The number of aliphatic hydroxyl groups is 1. The number of hydrogen-bond donors (Lipinski definition) is 2. The van der Waals surface area contributed by atoms with Gasteiger partial charge in [0.25, 0.3) is 5.91 Å². The van der Waals surface area contributed by atoms with Crippen LogP contribution in [0.4, 0.5) is 5.69 Å². The van der Waals surface area contributed by atoms with Gasteiger partial charge in [-0.05, 0) is 12.1 Å². The predicted molar refractivity (Wildman–Crippen MR) is 69.7 cm³/mol. The Bertz CT molecular complexity index is 477. The van der Waals surface area contributed by atoms with Gasteiger partial charge in [0, 0.05) is 18.9 Å². The molecule has 1 rings (SSSR count). The summed E-state index contributed by atoms with van der Waals surface area (Å²) in [6.07, 6.45) is -1.56. The second kappa shape index (κ2) is 7.08. The van der Waals surface area contributed by atoms with Crippen LogP contribution in [0.25, 0.3) is 0 Å². The van der Waals surface area contributed by atoms with Gasteiger partial charge in [-0.3, -0.25) is 9.59 Å². The molecule has 2 N–H and O–H groups in total. The summed E-state index contributed by atoms with van der Waals surface area (Å²) in [5, 5.41) is 11.6. The Morgan fingerprint density at radius 2 is 2.11 bits per heavy atom. The number of halogens is 1. The van der Waals surface area contributed by atoms with Crippen molar-refractivity contribution in [2.75, 3.05) is 25.4 Å². The zero-order chi connectivity index (χ0) is 14.4. The van der Waals surface area contributed by atoms with Crippen LogP contribution in [0, 0.1) is 0 Å². The Morgan fingerprint density at radius 3 is 2.63 bits per heavy atom. The van der Waals surface area contributed by atoms with E-state index in [4.69, 9.17) is 21.4 Å². The molecule has 0 bridgehead atoms. The molecule has 1 unspecified atom stereocenters. The number of Topliss-reactive ketones (excluding diaryl/α,β-unsaturated/α-hetero) is 1. The van der Waals surface area contributed by atoms with Crippen LogP contribution < -0.4 is 10.1 Å². The van der Waals surface area contributed by atoms with E-state index in [1.807, 2.05) is 0 Å². The highest BCUT2D eigenvalue weighted by Gasteiger charge is 2.16. The lowest BCUT2D eigenvalue weighted by molar-refractivity contribution is -0.146. The third-order valence-electron chi connectivity index (χ3n) is 2.34. The van der Waals surface area contributed by atoms with Crippen molar-refractivity contribution >= 4 is 29.0 Å². The smallest absolute Gasteiger partial charge is 0.281 e. The second-order valence-electron chi connectivity index (χ2n) is 3.55. The fourth-order valence-electron chi connectivity index (χ4n) is 1.38. The summed E-state index contributed by atoms with van der Waals surface area (Å²) in [6, 6.07) is 4.45. The van der Waals surface area contributed by atoms with Gasteiger partial charge >= 0.3 is 0 Å². The number of benzene rings is 1. The summed E-state index contributed by atoms with van der Waals surface area (Å²) in [7, 11) is 2.60. The molecule has 0 radical (unpaired) electrons. The van der Waals surface area contributed by atoms with Gasteiger partial charge < -0.3 is 19.9 Å². The summed E-state index contributed by atoms with van der Waals surface area (Å²) in [6.45, 7) is 0. The van der Waals surface area contributed by atoms with Crippen LogP contribution in [0.2, 0.25) is 0 Å². The molecule has 1 atom stereocenters. The molecule has 0 aliphatic carbocycles. The first-order valence-electron chi connectivity index (χ1n) is 5.32. The number of anilines is 1. The number of alkyl halides is 1. The fourth-order valence-corrected chi connectivity index (χ4v) is 1.53. The Kier molecular flexibility index (Phi) is 5.75. The monoisotopic (exact) mass is 287 g/mol. The summed E-state index contributed by atoms with van der Waals surface area (Å²) in [5.41, 5.74) is 0.687. The number of carbonyl (C=O) groups excluding carboxylic acids is 2. The van der Waals surface area contributed by atoms with Gasteiger partial charge in [-0.2, -0.15) is 0 Å². The fraction of sp³-hybridized carbons (Fsp3) is 0.333. The van der Waals surface area contributed by atoms with Crippen LogP contribution in [0.5, 0.6) is 5.75 Å². The summed E-state index contributed by atoms with van der Waals surface area (Å²) in [5.74, 6) is -0.880. The van der Waals surface area contributed by atoms with E-state index in [1.54, 1.807) is 0 Å². The van der Waals surface area contributed by atoms with Crippen LogP contribution in [0.15, 0.2) is 18.2 Å². The van der Waals surface area contributed by atoms with Crippen LogP contribution in [0.3, 0.4) is 0 Å². The second-order valence-corrected chi connectivity index (χ2v) is 3.82. The van der Waals surface area contributed by atoms with Gasteiger partial charge in [0.1, 0.15) is 5.75 Å². The van der Waals surface area contributed by atoms with Gasteiger partial charge in [-0.15, -0.1) is 11.6 Å². The average molecular weight is 288 g/mol. The van der Waals surface area contributed by atoms with Crippen molar-refractivity contribution in [3.05, 3.63) is 23.8 Å². The van der Waals surface area contributed by atoms with E-state index in [0.717, 1.165) is 0 Å². The van der Waals surface area contributed by atoms with Gasteiger partial charge in [-0.1, -0.05) is 0 Å². The topological polar surface area (TPSA) is 84.9 Å². The quantitative estimate of drug-likeness (QED) is 0.463. The first-order chi connectivity index (χ1) is 9.03. The molecule has 6 nitrogen and oxygen atoms in total.